The molecule has 0 saturated carbocycles. The molecule has 1 aliphatic rings. The van der Waals surface area contributed by atoms with E-state index in [0.29, 0.717) is 43.0 Å². The maximum absolute atomic E-state index is 12.5. The highest BCUT2D eigenvalue weighted by Crippen LogP contribution is 2.21. The predicted molar refractivity (Wildman–Crippen MR) is 107 cm³/mol. The fourth-order valence-corrected chi connectivity index (χ4v) is 3.31. The summed E-state index contributed by atoms with van der Waals surface area (Å²) in [5, 5.41) is 2.56. The number of aromatic amines is 1. The molecule has 1 aromatic heterocycles. The molecule has 0 radical (unpaired) electrons. The largest absolute Gasteiger partial charge is 0.497 e. The Kier molecular flexibility index (Phi) is 4.94. The lowest BCUT2D eigenvalue weighted by Crippen LogP contribution is -2.51. The molecule has 4 rings (SSSR count). The number of amides is 2. The highest BCUT2D eigenvalue weighted by molar-refractivity contribution is 6.39. The number of anilines is 2. The molecule has 0 atom stereocenters. The summed E-state index contributed by atoms with van der Waals surface area (Å²) in [6.45, 7) is 2.16. The molecule has 1 aliphatic heterocycles. The number of carbonyl (C=O) groups is 2. The molecule has 1 fully saturated rings. The summed E-state index contributed by atoms with van der Waals surface area (Å²) < 4.78 is 10.1. The van der Waals surface area contributed by atoms with Crippen molar-refractivity contribution >= 4 is 34.3 Å². The Balaban J connectivity index is 1.35. The maximum atomic E-state index is 12.5. The Bertz CT molecular complexity index is 1090. The minimum absolute atomic E-state index is 0.313. The molecule has 0 bridgehead atoms. The number of oxazole rings is 1. The van der Waals surface area contributed by atoms with Crippen LogP contribution in [0.1, 0.15) is 0 Å². The quantitative estimate of drug-likeness (QED) is 0.649. The number of hydrogen-bond acceptors (Lipinski definition) is 6. The summed E-state index contributed by atoms with van der Waals surface area (Å²) in [5.74, 6) is -1.10. The normalized spacial score (nSPS) is 14.1. The summed E-state index contributed by atoms with van der Waals surface area (Å²) in [4.78, 5) is 42.3. The molecule has 1 saturated heterocycles. The second kappa shape index (κ2) is 7.70. The fourth-order valence-electron chi connectivity index (χ4n) is 3.31. The number of fused-ring (bicyclic) bond motifs is 1. The molecule has 2 amide bonds. The van der Waals surface area contributed by atoms with Crippen LogP contribution in [0.3, 0.4) is 0 Å². The van der Waals surface area contributed by atoms with Crippen LogP contribution < -0.4 is 20.7 Å². The van der Waals surface area contributed by atoms with E-state index in [9.17, 15) is 14.4 Å². The Hall–Kier alpha value is -3.75. The Morgan fingerprint density at radius 2 is 1.79 bits per heavy atom. The van der Waals surface area contributed by atoms with Crippen molar-refractivity contribution in [1.82, 2.24) is 9.88 Å². The SMILES string of the molecule is COc1ccc(N2CCN(C(=O)C(=O)Nc3ccc4[nH]c(=O)oc4c3)CC2)cc1. The second-order valence-corrected chi connectivity index (χ2v) is 6.66. The average Bonchev–Trinajstić information content (AvgIpc) is 3.12. The van der Waals surface area contributed by atoms with Gasteiger partial charge in [-0.2, -0.15) is 0 Å². The van der Waals surface area contributed by atoms with Gasteiger partial charge in [-0.15, -0.1) is 0 Å². The molecule has 9 heteroatoms. The Morgan fingerprint density at radius 3 is 2.48 bits per heavy atom. The van der Waals surface area contributed by atoms with Gasteiger partial charge in [-0.25, -0.2) is 4.79 Å². The molecule has 9 nitrogen and oxygen atoms in total. The first-order valence-electron chi connectivity index (χ1n) is 9.15. The van der Waals surface area contributed by atoms with Gasteiger partial charge in [0, 0.05) is 43.6 Å². The van der Waals surface area contributed by atoms with Gasteiger partial charge >= 0.3 is 17.6 Å². The molecule has 0 unspecified atom stereocenters. The number of nitrogens with zero attached hydrogens (tertiary/aromatic N) is 2. The molecule has 3 aromatic rings. The lowest BCUT2D eigenvalue weighted by atomic mass is 10.2. The van der Waals surface area contributed by atoms with Crippen LogP contribution >= 0.6 is 0 Å². The van der Waals surface area contributed by atoms with Crippen molar-refractivity contribution in [1.29, 1.82) is 0 Å². The van der Waals surface area contributed by atoms with Crippen LogP contribution in [0.15, 0.2) is 51.7 Å². The lowest BCUT2D eigenvalue weighted by molar-refractivity contribution is -0.143. The van der Waals surface area contributed by atoms with Gasteiger partial charge in [-0.3, -0.25) is 14.6 Å². The molecule has 150 valence electrons. The summed E-state index contributed by atoms with van der Waals surface area (Å²) in [6, 6.07) is 12.4. The number of aromatic nitrogens is 1. The number of nitrogens with one attached hydrogen (secondary N) is 2. The molecular formula is C20H20N4O5. The molecule has 0 spiro atoms. The average molecular weight is 396 g/mol. The minimum Gasteiger partial charge on any atom is -0.497 e. The molecule has 2 N–H and O–H groups in total. The first-order chi connectivity index (χ1) is 14.0. The van der Waals surface area contributed by atoms with Crippen LogP contribution in [-0.2, 0) is 9.59 Å². The van der Waals surface area contributed by atoms with E-state index in [0.717, 1.165) is 11.4 Å². The summed E-state index contributed by atoms with van der Waals surface area (Å²) in [5.41, 5.74) is 2.27. The monoisotopic (exact) mass is 396 g/mol. The minimum atomic E-state index is -0.722. The summed E-state index contributed by atoms with van der Waals surface area (Å²) in [6.07, 6.45) is 0. The third-order valence-electron chi connectivity index (χ3n) is 4.88. The molecule has 2 aromatic carbocycles. The molecule has 2 heterocycles. The van der Waals surface area contributed by atoms with Gasteiger partial charge < -0.3 is 24.3 Å². The van der Waals surface area contributed by atoms with Crippen LogP contribution in [0.2, 0.25) is 0 Å². The van der Waals surface area contributed by atoms with Gasteiger partial charge in [0.2, 0.25) is 0 Å². The number of carbonyl (C=O) groups excluding carboxylic acids is 2. The number of methoxy groups -OCH3 is 1. The second-order valence-electron chi connectivity index (χ2n) is 6.66. The highest BCUT2D eigenvalue weighted by atomic mass is 16.5. The van der Waals surface area contributed by atoms with Crippen molar-refractivity contribution in [3.63, 3.8) is 0 Å². The Labute approximate surface area is 165 Å². The maximum Gasteiger partial charge on any atom is 0.417 e. The first-order valence-corrected chi connectivity index (χ1v) is 9.15. The number of H-pyrrole nitrogens is 1. The smallest absolute Gasteiger partial charge is 0.417 e. The zero-order valence-corrected chi connectivity index (χ0v) is 15.8. The van der Waals surface area contributed by atoms with Crippen LogP contribution in [-0.4, -0.2) is 55.0 Å². The Morgan fingerprint density at radius 1 is 1.07 bits per heavy atom. The van der Waals surface area contributed by atoms with Crippen molar-refractivity contribution in [2.75, 3.05) is 43.5 Å². The molecule has 0 aliphatic carbocycles. The van der Waals surface area contributed by atoms with E-state index in [1.807, 2.05) is 24.3 Å². The number of piperazine rings is 1. The number of ether oxygens (including phenoxy) is 1. The van der Waals surface area contributed by atoms with Crippen LogP contribution in [0.4, 0.5) is 11.4 Å². The van der Waals surface area contributed by atoms with Gasteiger partial charge in [-0.05, 0) is 36.4 Å². The van der Waals surface area contributed by atoms with Crippen molar-refractivity contribution in [3.8, 4) is 5.75 Å². The number of benzene rings is 2. The number of hydrogen-bond donors (Lipinski definition) is 2. The first kappa shape index (κ1) is 18.6. The third-order valence-corrected chi connectivity index (χ3v) is 4.88. The number of rotatable bonds is 3. The van der Waals surface area contributed by atoms with E-state index in [1.165, 1.54) is 11.0 Å². The zero-order valence-electron chi connectivity index (χ0n) is 15.8. The van der Waals surface area contributed by atoms with Crippen molar-refractivity contribution in [3.05, 3.63) is 53.0 Å². The lowest BCUT2D eigenvalue weighted by Gasteiger charge is -2.35. The van der Waals surface area contributed by atoms with Gasteiger partial charge in [-0.1, -0.05) is 0 Å². The van der Waals surface area contributed by atoms with Gasteiger partial charge in [0.25, 0.3) is 0 Å². The zero-order chi connectivity index (χ0) is 20.4. The molecular weight excluding hydrogens is 376 g/mol. The summed E-state index contributed by atoms with van der Waals surface area (Å²) >= 11 is 0. The van der Waals surface area contributed by atoms with E-state index < -0.39 is 17.6 Å². The third kappa shape index (κ3) is 3.93. The van der Waals surface area contributed by atoms with E-state index >= 15 is 0 Å². The van der Waals surface area contributed by atoms with Crippen molar-refractivity contribution < 1.29 is 18.7 Å². The topological polar surface area (TPSA) is 108 Å². The van der Waals surface area contributed by atoms with Gasteiger partial charge in [0.05, 0.1) is 12.6 Å². The predicted octanol–water partition coefficient (Wildman–Crippen LogP) is 1.42. The van der Waals surface area contributed by atoms with Crippen molar-refractivity contribution in [2.24, 2.45) is 0 Å². The van der Waals surface area contributed by atoms with Crippen molar-refractivity contribution in [2.45, 2.75) is 0 Å². The van der Waals surface area contributed by atoms with Gasteiger partial charge in [0.15, 0.2) is 5.58 Å². The highest BCUT2D eigenvalue weighted by Gasteiger charge is 2.26. The van der Waals surface area contributed by atoms with Crippen LogP contribution in [0, 0.1) is 0 Å². The molecule has 29 heavy (non-hydrogen) atoms. The van der Waals surface area contributed by atoms with E-state index in [1.54, 1.807) is 19.2 Å². The van der Waals surface area contributed by atoms with Crippen LogP contribution in [0.5, 0.6) is 5.75 Å². The summed E-state index contributed by atoms with van der Waals surface area (Å²) in [7, 11) is 1.62. The van der Waals surface area contributed by atoms with E-state index in [4.69, 9.17) is 9.15 Å². The fraction of sp³-hybridized carbons (Fsp3) is 0.250. The van der Waals surface area contributed by atoms with Gasteiger partial charge in [0.1, 0.15) is 5.75 Å². The standard InChI is InChI=1S/C20H20N4O5/c1-28-15-5-3-14(4-6-15)23-8-10-24(11-9-23)19(26)18(25)21-13-2-7-16-17(12-13)29-20(27)22-16/h2-7,12H,8-11H2,1H3,(H,21,25)(H,22,27). The van der Waals surface area contributed by atoms with Crippen LogP contribution in [0.25, 0.3) is 11.1 Å². The van der Waals surface area contributed by atoms with E-state index in [2.05, 4.69) is 15.2 Å². The van der Waals surface area contributed by atoms with E-state index in [-0.39, 0.29) is 0 Å².